The standard InChI is InChI=1S/C16H26N2/c1-5-17-15-8-9-18(14(4)11-15)16-10-12(2)6-7-13(16)3/h6-7,10,14-15,17H,5,8-9,11H2,1-4H3. The Morgan fingerprint density at radius 2 is 2.11 bits per heavy atom. The number of piperidine rings is 1. The fraction of sp³-hybridized carbons (Fsp3) is 0.625. The Hall–Kier alpha value is -1.02. The number of anilines is 1. The van der Waals surface area contributed by atoms with E-state index >= 15 is 0 Å². The van der Waals surface area contributed by atoms with Gasteiger partial charge >= 0.3 is 0 Å². The first kappa shape index (κ1) is 13.4. The summed E-state index contributed by atoms with van der Waals surface area (Å²) < 4.78 is 0. The summed E-state index contributed by atoms with van der Waals surface area (Å²) in [6, 6.07) is 8.11. The highest BCUT2D eigenvalue weighted by atomic mass is 15.2. The Morgan fingerprint density at radius 3 is 2.78 bits per heavy atom. The third-order valence-corrected chi connectivity index (χ3v) is 4.04. The molecule has 1 N–H and O–H groups in total. The van der Waals surface area contributed by atoms with Crippen LogP contribution in [0, 0.1) is 13.8 Å². The molecule has 1 aliphatic heterocycles. The summed E-state index contributed by atoms with van der Waals surface area (Å²) in [5, 5.41) is 3.59. The van der Waals surface area contributed by atoms with E-state index in [9.17, 15) is 0 Å². The normalized spacial score (nSPS) is 24.3. The molecule has 1 saturated heterocycles. The van der Waals surface area contributed by atoms with E-state index in [4.69, 9.17) is 0 Å². The number of hydrogen-bond donors (Lipinski definition) is 1. The number of nitrogens with zero attached hydrogens (tertiary/aromatic N) is 1. The van der Waals surface area contributed by atoms with Crippen LogP contribution in [0.1, 0.15) is 37.8 Å². The molecule has 1 aromatic carbocycles. The summed E-state index contributed by atoms with van der Waals surface area (Å²) in [7, 11) is 0. The van der Waals surface area contributed by atoms with Gasteiger partial charge < -0.3 is 10.2 Å². The number of nitrogens with one attached hydrogen (secondary N) is 1. The van der Waals surface area contributed by atoms with Crippen LogP contribution in [0.4, 0.5) is 5.69 Å². The van der Waals surface area contributed by atoms with E-state index in [0.29, 0.717) is 12.1 Å². The molecule has 18 heavy (non-hydrogen) atoms. The molecule has 100 valence electrons. The molecule has 2 nitrogen and oxygen atoms in total. The lowest BCUT2D eigenvalue weighted by atomic mass is 9.96. The van der Waals surface area contributed by atoms with Crippen molar-refractivity contribution >= 4 is 5.69 Å². The van der Waals surface area contributed by atoms with Crippen LogP contribution < -0.4 is 10.2 Å². The van der Waals surface area contributed by atoms with Crippen molar-refractivity contribution in [3.63, 3.8) is 0 Å². The smallest absolute Gasteiger partial charge is 0.0400 e. The molecule has 2 atom stereocenters. The quantitative estimate of drug-likeness (QED) is 0.880. The average molecular weight is 246 g/mol. The zero-order chi connectivity index (χ0) is 13.1. The van der Waals surface area contributed by atoms with Crippen LogP contribution in [0.3, 0.4) is 0 Å². The zero-order valence-electron chi connectivity index (χ0n) is 12.2. The lowest BCUT2D eigenvalue weighted by Gasteiger charge is -2.40. The average Bonchev–Trinajstić information content (AvgIpc) is 2.33. The van der Waals surface area contributed by atoms with Crippen molar-refractivity contribution in [3.05, 3.63) is 29.3 Å². The maximum absolute atomic E-state index is 3.59. The van der Waals surface area contributed by atoms with Gasteiger partial charge in [0.15, 0.2) is 0 Å². The van der Waals surface area contributed by atoms with Gasteiger partial charge in [0, 0.05) is 24.3 Å². The van der Waals surface area contributed by atoms with Crippen molar-refractivity contribution in [2.75, 3.05) is 18.0 Å². The minimum Gasteiger partial charge on any atom is -0.368 e. The van der Waals surface area contributed by atoms with E-state index in [1.807, 2.05) is 0 Å². The van der Waals surface area contributed by atoms with Crippen LogP contribution in [0.15, 0.2) is 18.2 Å². The van der Waals surface area contributed by atoms with E-state index < -0.39 is 0 Å². The molecule has 2 unspecified atom stereocenters. The topological polar surface area (TPSA) is 15.3 Å². The zero-order valence-corrected chi connectivity index (χ0v) is 12.2. The van der Waals surface area contributed by atoms with Gasteiger partial charge in [-0.3, -0.25) is 0 Å². The van der Waals surface area contributed by atoms with E-state index in [2.05, 4.69) is 56.1 Å². The minimum absolute atomic E-state index is 0.628. The summed E-state index contributed by atoms with van der Waals surface area (Å²) in [5.41, 5.74) is 4.18. The fourth-order valence-corrected chi connectivity index (χ4v) is 3.03. The Bertz CT molecular complexity index is 400. The molecule has 0 amide bonds. The van der Waals surface area contributed by atoms with Crippen LogP contribution in [-0.2, 0) is 0 Å². The molecule has 2 heteroatoms. The van der Waals surface area contributed by atoms with Crippen molar-refractivity contribution in [2.24, 2.45) is 0 Å². The molecule has 0 spiro atoms. The predicted molar refractivity (Wildman–Crippen MR) is 79.4 cm³/mol. The molecule has 1 aromatic rings. The largest absolute Gasteiger partial charge is 0.368 e. The second kappa shape index (κ2) is 5.75. The van der Waals surface area contributed by atoms with Gasteiger partial charge in [0.25, 0.3) is 0 Å². The van der Waals surface area contributed by atoms with Gasteiger partial charge in [-0.15, -0.1) is 0 Å². The molecule has 0 bridgehead atoms. The summed E-state index contributed by atoms with van der Waals surface area (Å²) in [5.74, 6) is 0. The lowest BCUT2D eigenvalue weighted by Crippen LogP contribution is -2.47. The summed E-state index contributed by atoms with van der Waals surface area (Å²) in [4.78, 5) is 2.58. The summed E-state index contributed by atoms with van der Waals surface area (Å²) >= 11 is 0. The van der Waals surface area contributed by atoms with Crippen LogP contribution in [-0.4, -0.2) is 25.2 Å². The molecule has 0 radical (unpaired) electrons. The highest BCUT2D eigenvalue weighted by Crippen LogP contribution is 2.28. The first-order valence-corrected chi connectivity index (χ1v) is 7.19. The first-order chi connectivity index (χ1) is 8.61. The number of aryl methyl sites for hydroxylation is 2. The summed E-state index contributed by atoms with van der Waals surface area (Å²) in [6.45, 7) is 11.2. The van der Waals surface area contributed by atoms with Crippen LogP contribution in [0.2, 0.25) is 0 Å². The van der Waals surface area contributed by atoms with Gasteiger partial charge in [0.1, 0.15) is 0 Å². The molecule has 0 aliphatic carbocycles. The SMILES string of the molecule is CCNC1CCN(c2cc(C)ccc2C)C(C)C1. The molecule has 0 saturated carbocycles. The number of hydrogen-bond acceptors (Lipinski definition) is 2. The maximum atomic E-state index is 3.59. The third kappa shape index (κ3) is 2.86. The molecule has 0 aromatic heterocycles. The predicted octanol–water partition coefficient (Wildman–Crippen LogP) is 3.27. The van der Waals surface area contributed by atoms with Crippen molar-refractivity contribution in [1.29, 1.82) is 0 Å². The van der Waals surface area contributed by atoms with Crippen molar-refractivity contribution in [1.82, 2.24) is 5.32 Å². The van der Waals surface area contributed by atoms with Gasteiger partial charge in [-0.05, 0) is 57.4 Å². The van der Waals surface area contributed by atoms with Crippen LogP contribution >= 0.6 is 0 Å². The molecule has 1 fully saturated rings. The second-order valence-electron chi connectivity index (χ2n) is 5.61. The van der Waals surface area contributed by atoms with Gasteiger partial charge in [0.05, 0.1) is 0 Å². The van der Waals surface area contributed by atoms with E-state index in [0.717, 1.165) is 6.54 Å². The Morgan fingerprint density at radius 1 is 1.33 bits per heavy atom. The van der Waals surface area contributed by atoms with Crippen molar-refractivity contribution in [3.8, 4) is 0 Å². The van der Waals surface area contributed by atoms with E-state index in [1.165, 1.54) is 36.2 Å². The number of benzene rings is 1. The first-order valence-electron chi connectivity index (χ1n) is 7.19. The maximum Gasteiger partial charge on any atom is 0.0400 e. The Kier molecular flexibility index (Phi) is 4.28. The van der Waals surface area contributed by atoms with Gasteiger partial charge in [-0.2, -0.15) is 0 Å². The van der Waals surface area contributed by atoms with Crippen LogP contribution in [0.5, 0.6) is 0 Å². The van der Waals surface area contributed by atoms with Gasteiger partial charge in [-0.25, -0.2) is 0 Å². The monoisotopic (exact) mass is 246 g/mol. The van der Waals surface area contributed by atoms with Gasteiger partial charge in [0.2, 0.25) is 0 Å². The fourth-order valence-electron chi connectivity index (χ4n) is 3.03. The molecular formula is C16H26N2. The second-order valence-corrected chi connectivity index (χ2v) is 5.61. The summed E-state index contributed by atoms with van der Waals surface area (Å²) in [6.07, 6.45) is 2.51. The van der Waals surface area contributed by atoms with E-state index in [1.54, 1.807) is 0 Å². The highest BCUT2D eigenvalue weighted by Gasteiger charge is 2.25. The van der Waals surface area contributed by atoms with Gasteiger partial charge in [-0.1, -0.05) is 19.1 Å². The molecular weight excluding hydrogens is 220 g/mol. The minimum atomic E-state index is 0.628. The van der Waals surface area contributed by atoms with Crippen molar-refractivity contribution in [2.45, 2.75) is 52.6 Å². The molecule has 2 rings (SSSR count). The lowest BCUT2D eigenvalue weighted by molar-refractivity contribution is 0.374. The number of rotatable bonds is 3. The molecule has 1 heterocycles. The Balaban J connectivity index is 2.12. The van der Waals surface area contributed by atoms with Crippen LogP contribution in [0.25, 0.3) is 0 Å². The highest BCUT2D eigenvalue weighted by molar-refractivity contribution is 5.56. The van der Waals surface area contributed by atoms with Crippen molar-refractivity contribution < 1.29 is 0 Å². The van der Waals surface area contributed by atoms with E-state index in [-0.39, 0.29) is 0 Å². The third-order valence-electron chi connectivity index (χ3n) is 4.04. The molecule has 1 aliphatic rings. The Labute approximate surface area is 111 Å².